The maximum Gasteiger partial charge on any atom is 0.178 e. The maximum absolute atomic E-state index is 15.4. The number of piperazine rings is 2. The van der Waals surface area contributed by atoms with E-state index in [0.29, 0.717) is 12.2 Å². The van der Waals surface area contributed by atoms with Crippen molar-refractivity contribution in [1.82, 2.24) is 15.8 Å². The molecule has 2 aliphatic heterocycles. The number of hydrazine groups is 1. The van der Waals surface area contributed by atoms with Crippen LogP contribution in [0.3, 0.4) is 0 Å². The summed E-state index contributed by atoms with van der Waals surface area (Å²) in [4.78, 5) is 9.27. The van der Waals surface area contributed by atoms with E-state index in [1.54, 1.807) is 6.07 Å². The predicted octanol–water partition coefficient (Wildman–Crippen LogP) is 2.36. The second-order valence-corrected chi connectivity index (χ2v) is 9.77. The quantitative estimate of drug-likeness (QED) is 0.426. The number of likely N-dealkylation sites (N-methyl/N-ethyl adjacent to an activating group) is 1. The highest BCUT2D eigenvalue weighted by Gasteiger charge is 2.24. The molecule has 2 aromatic carbocycles. The Bertz CT molecular complexity index is 1010. The third-order valence-electron chi connectivity index (χ3n) is 6.81. The summed E-state index contributed by atoms with van der Waals surface area (Å²) in [6.45, 7) is 11.8. The van der Waals surface area contributed by atoms with Crippen molar-refractivity contribution in [3.05, 3.63) is 52.8 Å². The van der Waals surface area contributed by atoms with Gasteiger partial charge in [-0.25, -0.2) is 9.82 Å². The summed E-state index contributed by atoms with van der Waals surface area (Å²) in [7, 11) is 2.14. The molecule has 2 saturated heterocycles. The van der Waals surface area contributed by atoms with Gasteiger partial charge in [0.15, 0.2) is 5.11 Å². The van der Waals surface area contributed by atoms with Gasteiger partial charge in [0.05, 0.1) is 5.69 Å². The number of nitrogens with two attached hydrogens (primary N) is 1. The molecule has 184 valence electrons. The van der Waals surface area contributed by atoms with Crippen molar-refractivity contribution in [2.24, 2.45) is 5.73 Å². The lowest BCUT2D eigenvalue weighted by atomic mass is 10.1. The summed E-state index contributed by atoms with van der Waals surface area (Å²) in [6, 6.07) is 10.3. The zero-order chi connectivity index (χ0) is 24.2. The molecule has 2 aliphatic rings. The maximum atomic E-state index is 15.4. The highest BCUT2D eigenvalue weighted by molar-refractivity contribution is 7.80. The number of halogens is 1. The van der Waals surface area contributed by atoms with E-state index in [0.717, 1.165) is 63.6 Å². The molecule has 7 nitrogen and oxygen atoms in total. The fourth-order valence-corrected chi connectivity index (χ4v) is 4.86. The van der Waals surface area contributed by atoms with Crippen LogP contribution in [-0.4, -0.2) is 69.4 Å². The van der Waals surface area contributed by atoms with Crippen molar-refractivity contribution in [2.75, 3.05) is 74.1 Å². The zero-order valence-electron chi connectivity index (χ0n) is 20.4. The number of aryl methyl sites for hydroxylation is 2. The van der Waals surface area contributed by atoms with E-state index >= 15 is 4.39 Å². The molecule has 2 aromatic rings. The number of rotatable bonds is 6. The Balaban J connectivity index is 1.54. The summed E-state index contributed by atoms with van der Waals surface area (Å²) < 4.78 is 15.4. The Kier molecular flexibility index (Phi) is 7.75. The van der Waals surface area contributed by atoms with E-state index in [9.17, 15) is 0 Å². The molecular weight excluding hydrogens is 449 g/mol. The lowest BCUT2D eigenvalue weighted by Crippen LogP contribution is -2.47. The molecular formula is C25H36FN7S. The number of nitrogens with zero attached hydrogens (tertiary/aromatic N) is 4. The van der Waals surface area contributed by atoms with Crippen LogP contribution in [0.15, 0.2) is 30.3 Å². The van der Waals surface area contributed by atoms with Gasteiger partial charge in [-0.15, -0.1) is 0 Å². The number of benzene rings is 2. The molecule has 0 saturated carbocycles. The molecule has 2 fully saturated rings. The minimum Gasteiger partial charge on any atom is -0.375 e. The van der Waals surface area contributed by atoms with Crippen molar-refractivity contribution in [3.8, 4) is 0 Å². The minimum absolute atomic E-state index is 0.167. The Hall–Kier alpha value is -2.62. The molecule has 0 bridgehead atoms. The average Bonchev–Trinajstić information content (AvgIpc) is 2.81. The molecule has 2 heterocycles. The van der Waals surface area contributed by atoms with Gasteiger partial charge in [0.1, 0.15) is 5.82 Å². The van der Waals surface area contributed by atoms with Crippen molar-refractivity contribution < 1.29 is 4.39 Å². The Morgan fingerprint density at radius 1 is 0.882 bits per heavy atom. The molecule has 0 radical (unpaired) electrons. The average molecular weight is 486 g/mol. The number of thiocarbonyl (C=S) groups is 1. The highest BCUT2D eigenvalue weighted by Crippen LogP contribution is 2.32. The minimum atomic E-state index is -0.190. The first-order valence-corrected chi connectivity index (χ1v) is 12.3. The second-order valence-electron chi connectivity index (χ2n) is 9.33. The predicted molar refractivity (Wildman–Crippen MR) is 143 cm³/mol. The van der Waals surface area contributed by atoms with Crippen molar-refractivity contribution >= 4 is 34.4 Å². The van der Waals surface area contributed by atoms with Gasteiger partial charge in [-0.1, -0.05) is 12.1 Å². The van der Waals surface area contributed by atoms with Gasteiger partial charge < -0.3 is 25.3 Å². The molecule has 0 aromatic heterocycles. The van der Waals surface area contributed by atoms with E-state index in [-0.39, 0.29) is 10.9 Å². The van der Waals surface area contributed by atoms with Gasteiger partial charge in [0.2, 0.25) is 0 Å². The first-order chi connectivity index (χ1) is 16.3. The van der Waals surface area contributed by atoms with Crippen LogP contribution in [0.25, 0.3) is 0 Å². The third kappa shape index (κ3) is 5.71. The van der Waals surface area contributed by atoms with Crippen molar-refractivity contribution in [3.63, 3.8) is 0 Å². The monoisotopic (exact) mass is 485 g/mol. The Morgan fingerprint density at radius 3 is 2.12 bits per heavy atom. The van der Waals surface area contributed by atoms with Crippen LogP contribution in [0.4, 0.5) is 21.5 Å². The van der Waals surface area contributed by atoms with Crippen molar-refractivity contribution in [1.29, 1.82) is 0 Å². The van der Waals surface area contributed by atoms with Gasteiger partial charge >= 0.3 is 0 Å². The largest absolute Gasteiger partial charge is 0.375 e. The molecule has 34 heavy (non-hydrogen) atoms. The van der Waals surface area contributed by atoms with Gasteiger partial charge in [-0.2, -0.15) is 0 Å². The SMILES string of the molecule is Cc1ccc(C)c(N2CCN(c3cc(N4CCN(C)CC4)c(CNNC(N)=S)cc3F)CC2)c1. The van der Waals surface area contributed by atoms with Crippen LogP contribution >= 0.6 is 12.2 Å². The lowest BCUT2D eigenvalue weighted by Gasteiger charge is -2.39. The fraction of sp³-hybridized carbons (Fsp3) is 0.480. The molecule has 0 spiro atoms. The summed E-state index contributed by atoms with van der Waals surface area (Å²) in [5.41, 5.74) is 17.8. The van der Waals surface area contributed by atoms with Crippen LogP contribution in [0.5, 0.6) is 0 Å². The standard InChI is InChI=1S/C25H36FN7S/c1-18-4-5-19(2)22(14-18)31-10-12-33(13-11-31)24-16-23(32-8-6-30(3)7-9-32)20(15-21(24)26)17-28-29-25(27)34/h4-5,14-16,28H,6-13,17H2,1-3H3,(H3,27,29,34). The van der Waals surface area contributed by atoms with Crippen LogP contribution in [-0.2, 0) is 6.54 Å². The Labute approximate surface area is 207 Å². The fourth-order valence-electron chi connectivity index (χ4n) is 4.79. The molecule has 0 amide bonds. The number of anilines is 3. The van der Waals surface area contributed by atoms with E-state index < -0.39 is 0 Å². The summed E-state index contributed by atoms with van der Waals surface area (Å²) in [5, 5.41) is 0.167. The van der Waals surface area contributed by atoms with E-state index in [2.05, 4.69) is 69.5 Å². The van der Waals surface area contributed by atoms with Gasteiger partial charge in [0, 0.05) is 70.3 Å². The van der Waals surface area contributed by atoms with Gasteiger partial charge in [0.25, 0.3) is 0 Å². The summed E-state index contributed by atoms with van der Waals surface area (Å²) in [5.74, 6) is -0.190. The van der Waals surface area contributed by atoms with Crippen molar-refractivity contribution in [2.45, 2.75) is 20.4 Å². The number of nitrogens with one attached hydrogen (secondary N) is 2. The molecule has 9 heteroatoms. The highest BCUT2D eigenvalue weighted by atomic mass is 32.1. The number of hydrogen-bond donors (Lipinski definition) is 3. The van der Waals surface area contributed by atoms with Crippen LogP contribution in [0.2, 0.25) is 0 Å². The van der Waals surface area contributed by atoms with Gasteiger partial charge in [-0.05, 0) is 68.0 Å². The first-order valence-electron chi connectivity index (χ1n) is 11.9. The van der Waals surface area contributed by atoms with Gasteiger partial charge in [-0.3, -0.25) is 5.43 Å². The number of hydrogen-bond acceptors (Lipinski definition) is 6. The van der Waals surface area contributed by atoms with E-state index in [4.69, 9.17) is 18.0 Å². The summed E-state index contributed by atoms with van der Waals surface area (Å²) >= 11 is 4.88. The second kappa shape index (κ2) is 10.8. The normalized spacial score (nSPS) is 17.2. The molecule has 0 unspecified atom stereocenters. The zero-order valence-corrected chi connectivity index (χ0v) is 21.2. The first kappa shape index (κ1) is 24.5. The third-order valence-corrected chi connectivity index (χ3v) is 6.91. The Morgan fingerprint density at radius 2 is 1.47 bits per heavy atom. The van der Waals surface area contributed by atoms with Crippen LogP contribution in [0, 0.1) is 19.7 Å². The topological polar surface area (TPSA) is 63.0 Å². The molecule has 0 aliphatic carbocycles. The van der Waals surface area contributed by atoms with E-state index in [1.807, 2.05) is 6.07 Å². The summed E-state index contributed by atoms with van der Waals surface area (Å²) in [6.07, 6.45) is 0. The lowest BCUT2D eigenvalue weighted by molar-refractivity contribution is 0.312. The molecule has 4 N–H and O–H groups in total. The molecule has 0 atom stereocenters. The van der Waals surface area contributed by atoms with Crippen LogP contribution in [0.1, 0.15) is 16.7 Å². The smallest absolute Gasteiger partial charge is 0.178 e. The molecule has 4 rings (SSSR count). The van der Waals surface area contributed by atoms with Crippen LogP contribution < -0.4 is 31.3 Å². The van der Waals surface area contributed by atoms with E-state index in [1.165, 1.54) is 16.8 Å².